The van der Waals surface area contributed by atoms with Crippen molar-refractivity contribution in [3.63, 3.8) is 0 Å². The van der Waals surface area contributed by atoms with Gasteiger partial charge in [-0.15, -0.1) is 11.3 Å². The number of aryl methyl sites for hydroxylation is 2. The maximum absolute atomic E-state index is 12.7. The summed E-state index contributed by atoms with van der Waals surface area (Å²) in [5, 5.41) is 5.41. The SMILES string of the molecule is O=C(Cn1cnc2sc3c(c2c1=O)CCC3)NC(=O)Nc1ccc(Br)cc1. The first-order chi connectivity index (χ1) is 13.0. The molecule has 3 amide bonds. The monoisotopic (exact) mass is 446 g/mol. The lowest BCUT2D eigenvalue weighted by Crippen LogP contribution is -2.38. The Kier molecular flexibility index (Phi) is 4.79. The van der Waals surface area contributed by atoms with Gasteiger partial charge in [0.05, 0.1) is 11.7 Å². The van der Waals surface area contributed by atoms with Crippen LogP contribution in [0.15, 0.2) is 39.9 Å². The maximum Gasteiger partial charge on any atom is 0.325 e. The molecule has 0 fully saturated rings. The number of hydrogen-bond donors (Lipinski definition) is 2. The number of amides is 3. The summed E-state index contributed by atoms with van der Waals surface area (Å²) < 4.78 is 2.13. The van der Waals surface area contributed by atoms with Gasteiger partial charge in [-0.05, 0) is 49.1 Å². The zero-order valence-electron chi connectivity index (χ0n) is 14.1. The van der Waals surface area contributed by atoms with Crippen LogP contribution in [0.1, 0.15) is 16.9 Å². The van der Waals surface area contributed by atoms with Gasteiger partial charge in [0.1, 0.15) is 11.4 Å². The molecule has 7 nitrogen and oxygen atoms in total. The molecule has 1 aliphatic rings. The highest BCUT2D eigenvalue weighted by Gasteiger charge is 2.21. The third-order valence-electron chi connectivity index (χ3n) is 4.36. The van der Waals surface area contributed by atoms with Crippen molar-refractivity contribution in [1.82, 2.24) is 14.9 Å². The number of benzene rings is 1. The van der Waals surface area contributed by atoms with Crippen molar-refractivity contribution in [2.24, 2.45) is 0 Å². The van der Waals surface area contributed by atoms with E-state index in [0.717, 1.165) is 29.3 Å². The number of aromatic nitrogens is 2. The number of thiophene rings is 1. The van der Waals surface area contributed by atoms with Gasteiger partial charge in [0.25, 0.3) is 5.56 Å². The van der Waals surface area contributed by atoms with Crippen LogP contribution in [-0.2, 0) is 24.2 Å². The fraction of sp³-hybridized carbons (Fsp3) is 0.222. The lowest BCUT2D eigenvalue weighted by Gasteiger charge is -2.08. The highest BCUT2D eigenvalue weighted by atomic mass is 79.9. The van der Waals surface area contributed by atoms with Crippen LogP contribution in [0.5, 0.6) is 0 Å². The van der Waals surface area contributed by atoms with Crippen LogP contribution in [0.3, 0.4) is 0 Å². The molecule has 9 heteroatoms. The second kappa shape index (κ2) is 7.24. The molecule has 1 aromatic carbocycles. The number of fused-ring (bicyclic) bond motifs is 3. The molecule has 0 spiro atoms. The summed E-state index contributed by atoms with van der Waals surface area (Å²) in [6.07, 6.45) is 4.26. The third-order valence-corrected chi connectivity index (χ3v) is 6.09. The summed E-state index contributed by atoms with van der Waals surface area (Å²) in [5.41, 5.74) is 1.38. The molecule has 0 radical (unpaired) electrons. The molecular formula is C18H15BrN4O3S. The van der Waals surface area contributed by atoms with Crippen molar-refractivity contribution in [3.8, 4) is 0 Å². The number of anilines is 1. The Morgan fingerprint density at radius 3 is 2.78 bits per heavy atom. The molecule has 0 unspecified atom stereocenters. The van der Waals surface area contributed by atoms with Crippen LogP contribution < -0.4 is 16.2 Å². The number of imide groups is 1. The highest BCUT2D eigenvalue weighted by molar-refractivity contribution is 9.10. The minimum atomic E-state index is -0.652. The van der Waals surface area contributed by atoms with Crippen molar-refractivity contribution in [2.45, 2.75) is 25.8 Å². The molecule has 4 rings (SSSR count). The number of hydrogen-bond acceptors (Lipinski definition) is 5. The molecule has 0 atom stereocenters. The largest absolute Gasteiger partial charge is 0.325 e. The molecule has 2 heterocycles. The topological polar surface area (TPSA) is 93.1 Å². The van der Waals surface area contributed by atoms with E-state index in [9.17, 15) is 14.4 Å². The molecule has 3 aromatic rings. The zero-order chi connectivity index (χ0) is 19.0. The Bertz CT molecular complexity index is 1100. The van der Waals surface area contributed by atoms with Gasteiger partial charge < -0.3 is 5.32 Å². The van der Waals surface area contributed by atoms with E-state index in [4.69, 9.17) is 0 Å². The fourth-order valence-electron chi connectivity index (χ4n) is 3.15. The minimum Gasteiger partial charge on any atom is -0.308 e. The summed E-state index contributed by atoms with van der Waals surface area (Å²) in [6.45, 7) is -0.264. The smallest absolute Gasteiger partial charge is 0.308 e. The van der Waals surface area contributed by atoms with Crippen LogP contribution >= 0.6 is 27.3 Å². The Morgan fingerprint density at radius 1 is 1.22 bits per heavy atom. The predicted octanol–water partition coefficient (Wildman–Crippen LogP) is 3.06. The van der Waals surface area contributed by atoms with Gasteiger partial charge in [-0.25, -0.2) is 9.78 Å². The lowest BCUT2D eigenvalue weighted by molar-refractivity contribution is -0.120. The lowest BCUT2D eigenvalue weighted by atomic mass is 10.2. The Labute approximate surface area is 166 Å². The fourth-order valence-corrected chi connectivity index (χ4v) is 4.63. The van der Waals surface area contributed by atoms with Gasteiger partial charge in [-0.3, -0.25) is 19.5 Å². The molecule has 0 saturated heterocycles. The summed E-state index contributed by atoms with van der Waals surface area (Å²) in [5.74, 6) is -0.584. The molecular weight excluding hydrogens is 432 g/mol. The first kappa shape index (κ1) is 17.9. The quantitative estimate of drug-likeness (QED) is 0.646. The van der Waals surface area contributed by atoms with Gasteiger partial charge in [0, 0.05) is 15.0 Å². The number of carbonyl (C=O) groups excluding carboxylic acids is 2. The molecule has 2 N–H and O–H groups in total. The van der Waals surface area contributed by atoms with Crippen LogP contribution in [0, 0.1) is 0 Å². The van der Waals surface area contributed by atoms with Crippen molar-refractivity contribution >= 4 is 55.1 Å². The van der Waals surface area contributed by atoms with Gasteiger partial charge in [-0.2, -0.15) is 0 Å². The van der Waals surface area contributed by atoms with Gasteiger partial charge >= 0.3 is 6.03 Å². The predicted molar refractivity (Wildman–Crippen MR) is 107 cm³/mol. The molecule has 0 saturated carbocycles. The first-order valence-corrected chi connectivity index (χ1v) is 9.98. The number of halogens is 1. The van der Waals surface area contributed by atoms with E-state index < -0.39 is 11.9 Å². The van der Waals surface area contributed by atoms with Gasteiger partial charge in [0.15, 0.2) is 0 Å². The second-order valence-electron chi connectivity index (χ2n) is 6.22. The Hall–Kier alpha value is -2.52. The molecule has 138 valence electrons. The Balaban J connectivity index is 1.46. The van der Waals surface area contributed by atoms with E-state index >= 15 is 0 Å². The van der Waals surface area contributed by atoms with E-state index in [1.54, 1.807) is 35.6 Å². The van der Waals surface area contributed by atoms with Crippen LogP contribution in [-0.4, -0.2) is 21.5 Å². The van der Waals surface area contributed by atoms with Crippen LogP contribution in [0.4, 0.5) is 10.5 Å². The molecule has 0 aliphatic heterocycles. The first-order valence-electron chi connectivity index (χ1n) is 8.37. The van der Waals surface area contributed by atoms with E-state index in [0.29, 0.717) is 15.9 Å². The van der Waals surface area contributed by atoms with Crippen molar-refractivity contribution in [2.75, 3.05) is 5.32 Å². The second-order valence-corrected chi connectivity index (χ2v) is 8.22. The number of nitrogens with one attached hydrogen (secondary N) is 2. The number of urea groups is 1. The summed E-state index contributed by atoms with van der Waals surface area (Å²) in [6, 6.07) is 6.30. The summed E-state index contributed by atoms with van der Waals surface area (Å²) in [4.78, 5) is 43.1. The van der Waals surface area contributed by atoms with E-state index in [-0.39, 0.29) is 12.1 Å². The van der Waals surface area contributed by atoms with Gasteiger partial charge in [-0.1, -0.05) is 15.9 Å². The van der Waals surface area contributed by atoms with E-state index in [1.165, 1.54) is 15.8 Å². The molecule has 1 aliphatic carbocycles. The van der Waals surface area contributed by atoms with E-state index in [2.05, 4.69) is 31.5 Å². The molecule has 0 bridgehead atoms. The highest BCUT2D eigenvalue weighted by Crippen LogP contribution is 2.34. The average Bonchev–Trinajstić information content (AvgIpc) is 3.20. The van der Waals surface area contributed by atoms with Crippen molar-refractivity contribution in [3.05, 3.63) is 55.9 Å². The van der Waals surface area contributed by atoms with Crippen molar-refractivity contribution in [1.29, 1.82) is 0 Å². The normalized spacial score (nSPS) is 12.8. The third kappa shape index (κ3) is 3.65. The maximum atomic E-state index is 12.7. The molecule has 2 aromatic heterocycles. The van der Waals surface area contributed by atoms with Crippen molar-refractivity contribution < 1.29 is 9.59 Å². The summed E-state index contributed by atoms with van der Waals surface area (Å²) in [7, 11) is 0. The standard InChI is InChI=1S/C18H15BrN4O3S/c19-10-4-6-11(7-5-10)21-18(26)22-14(24)8-23-9-20-16-15(17(23)25)12-2-1-3-13(12)27-16/h4-7,9H,1-3,8H2,(H2,21,22,24,26). The number of carbonyl (C=O) groups is 2. The van der Waals surface area contributed by atoms with Crippen LogP contribution in [0.2, 0.25) is 0 Å². The Morgan fingerprint density at radius 2 is 2.00 bits per heavy atom. The number of rotatable bonds is 3. The summed E-state index contributed by atoms with van der Waals surface area (Å²) >= 11 is 4.86. The number of nitrogens with zero attached hydrogens (tertiary/aromatic N) is 2. The molecule has 27 heavy (non-hydrogen) atoms. The zero-order valence-corrected chi connectivity index (χ0v) is 16.5. The van der Waals surface area contributed by atoms with E-state index in [1.807, 2.05) is 0 Å². The minimum absolute atomic E-state index is 0.233. The van der Waals surface area contributed by atoms with Crippen LogP contribution in [0.25, 0.3) is 10.2 Å². The van der Waals surface area contributed by atoms with Gasteiger partial charge in [0.2, 0.25) is 5.91 Å². The average molecular weight is 447 g/mol.